The normalized spacial score (nSPS) is 10.3. The van der Waals surface area contributed by atoms with E-state index in [1.807, 2.05) is 0 Å². The van der Waals surface area contributed by atoms with Gasteiger partial charge in [0.2, 0.25) is 0 Å². The molecule has 0 atom stereocenters. The van der Waals surface area contributed by atoms with Gasteiger partial charge >= 0.3 is 0 Å². The highest BCUT2D eigenvalue weighted by molar-refractivity contribution is 5.95. The summed E-state index contributed by atoms with van der Waals surface area (Å²) in [5.41, 5.74) is 4.52. The molecule has 0 saturated heterocycles. The lowest BCUT2D eigenvalue weighted by Crippen LogP contribution is -2.34. The average Bonchev–Trinajstić information content (AvgIpc) is 2.38. The van der Waals surface area contributed by atoms with Crippen LogP contribution in [0.4, 0.5) is 14.5 Å². The Hall–Kier alpha value is -1.95. The summed E-state index contributed by atoms with van der Waals surface area (Å²) in [7, 11) is 1.48. The van der Waals surface area contributed by atoms with Gasteiger partial charge in [-0.1, -0.05) is 6.08 Å². The number of carbonyl (C=O) groups is 1. The maximum Gasteiger partial charge on any atom is 0.257 e. The number of benzene rings is 1. The summed E-state index contributed by atoms with van der Waals surface area (Å²) in [4.78, 5) is 13.4. The van der Waals surface area contributed by atoms with Gasteiger partial charge in [-0.3, -0.25) is 4.79 Å². The second-order valence-electron chi connectivity index (χ2n) is 3.89. The summed E-state index contributed by atoms with van der Waals surface area (Å²) < 4.78 is 31.8. The number of hydrogen-bond acceptors (Lipinski definition) is 3. The molecular weight excluding hydrogens is 254 g/mol. The third kappa shape index (κ3) is 3.75. The van der Waals surface area contributed by atoms with E-state index in [4.69, 9.17) is 10.5 Å². The van der Waals surface area contributed by atoms with Gasteiger partial charge in [0.1, 0.15) is 5.82 Å². The second-order valence-corrected chi connectivity index (χ2v) is 3.89. The predicted molar refractivity (Wildman–Crippen MR) is 68.7 cm³/mol. The number of nitrogen functional groups attached to an aromatic ring is 1. The minimum Gasteiger partial charge on any atom is -0.396 e. The SMILES string of the molecule is C=CCN(CCOC)C(=O)c1cc(F)cc(N)c1F. The van der Waals surface area contributed by atoms with Gasteiger partial charge in [0.05, 0.1) is 17.9 Å². The van der Waals surface area contributed by atoms with Crippen molar-refractivity contribution >= 4 is 11.6 Å². The van der Waals surface area contributed by atoms with Crippen molar-refractivity contribution in [1.29, 1.82) is 0 Å². The third-order valence-corrected chi connectivity index (χ3v) is 2.50. The first kappa shape index (κ1) is 15.1. The molecule has 0 aliphatic carbocycles. The fourth-order valence-electron chi connectivity index (χ4n) is 1.57. The van der Waals surface area contributed by atoms with E-state index in [1.165, 1.54) is 18.1 Å². The second kappa shape index (κ2) is 6.84. The average molecular weight is 270 g/mol. The molecule has 6 heteroatoms. The molecule has 1 aromatic rings. The Balaban J connectivity index is 3.05. The molecule has 4 nitrogen and oxygen atoms in total. The van der Waals surface area contributed by atoms with E-state index >= 15 is 0 Å². The monoisotopic (exact) mass is 270 g/mol. The number of amides is 1. The van der Waals surface area contributed by atoms with Crippen LogP contribution in [0.5, 0.6) is 0 Å². The highest BCUT2D eigenvalue weighted by Crippen LogP contribution is 2.19. The van der Waals surface area contributed by atoms with Crippen molar-refractivity contribution < 1.29 is 18.3 Å². The van der Waals surface area contributed by atoms with Crippen LogP contribution in [0.2, 0.25) is 0 Å². The summed E-state index contributed by atoms with van der Waals surface area (Å²) in [6, 6.07) is 1.66. The molecule has 2 N–H and O–H groups in total. The van der Waals surface area contributed by atoms with Gasteiger partial charge in [0, 0.05) is 20.2 Å². The topological polar surface area (TPSA) is 55.6 Å². The van der Waals surface area contributed by atoms with Gasteiger partial charge < -0.3 is 15.4 Å². The fourth-order valence-corrected chi connectivity index (χ4v) is 1.57. The number of nitrogens with zero attached hydrogens (tertiary/aromatic N) is 1. The molecule has 0 unspecified atom stereocenters. The number of anilines is 1. The molecule has 1 amide bonds. The van der Waals surface area contributed by atoms with Crippen LogP contribution in [0, 0.1) is 11.6 Å². The fraction of sp³-hybridized carbons (Fsp3) is 0.308. The quantitative estimate of drug-likeness (QED) is 0.633. The number of nitrogens with two attached hydrogens (primary N) is 1. The summed E-state index contributed by atoms with van der Waals surface area (Å²) in [6.45, 7) is 4.25. The van der Waals surface area contributed by atoms with Crippen molar-refractivity contribution in [3.05, 3.63) is 42.0 Å². The van der Waals surface area contributed by atoms with Crippen molar-refractivity contribution in [2.45, 2.75) is 0 Å². The zero-order valence-electron chi connectivity index (χ0n) is 10.7. The van der Waals surface area contributed by atoms with Crippen LogP contribution in [0.1, 0.15) is 10.4 Å². The number of hydrogen-bond donors (Lipinski definition) is 1. The van der Waals surface area contributed by atoms with Gasteiger partial charge in [-0.05, 0) is 12.1 Å². The first-order valence-corrected chi connectivity index (χ1v) is 5.64. The zero-order chi connectivity index (χ0) is 14.4. The number of rotatable bonds is 6. The van der Waals surface area contributed by atoms with E-state index in [0.29, 0.717) is 0 Å². The Labute approximate surface area is 110 Å². The van der Waals surface area contributed by atoms with Crippen molar-refractivity contribution in [3.63, 3.8) is 0 Å². The third-order valence-electron chi connectivity index (χ3n) is 2.50. The molecule has 19 heavy (non-hydrogen) atoms. The summed E-state index contributed by atoms with van der Waals surface area (Å²) in [5, 5.41) is 0. The van der Waals surface area contributed by atoms with Gasteiger partial charge in [-0.2, -0.15) is 0 Å². The van der Waals surface area contributed by atoms with E-state index in [0.717, 1.165) is 12.1 Å². The van der Waals surface area contributed by atoms with Crippen molar-refractivity contribution in [3.8, 4) is 0 Å². The van der Waals surface area contributed by atoms with Crippen LogP contribution in [-0.2, 0) is 4.74 Å². The van der Waals surface area contributed by atoms with Crippen molar-refractivity contribution in [1.82, 2.24) is 4.90 Å². The van der Waals surface area contributed by atoms with Crippen LogP contribution in [-0.4, -0.2) is 37.6 Å². The summed E-state index contributed by atoms with van der Waals surface area (Å²) >= 11 is 0. The molecule has 0 heterocycles. The standard InChI is InChI=1S/C13H16F2N2O2/c1-3-4-17(5-6-19-2)13(18)10-7-9(14)8-11(16)12(10)15/h3,7-8H,1,4-6,16H2,2H3. The van der Waals surface area contributed by atoms with E-state index in [9.17, 15) is 13.6 Å². The Morgan fingerprint density at radius 2 is 2.21 bits per heavy atom. The lowest BCUT2D eigenvalue weighted by Gasteiger charge is -2.21. The maximum atomic E-state index is 13.8. The largest absolute Gasteiger partial charge is 0.396 e. The van der Waals surface area contributed by atoms with E-state index in [1.54, 1.807) is 0 Å². The number of methoxy groups -OCH3 is 1. The van der Waals surface area contributed by atoms with Gasteiger partial charge in [0.25, 0.3) is 5.91 Å². The minimum absolute atomic E-state index is 0.206. The smallest absolute Gasteiger partial charge is 0.257 e. The molecule has 0 fully saturated rings. The molecule has 1 aromatic carbocycles. The molecule has 0 aromatic heterocycles. The van der Waals surface area contributed by atoms with Crippen LogP contribution >= 0.6 is 0 Å². The van der Waals surface area contributed by atoms with Crippen molar-refractivity contribution in [2.24, 2.45) is 0 Å². The number of ether oxygens (including phenoxy) is 1. The highest BCUT2D eigenvalue weighted by atomic mass is 19.1. The molecule has 104 valence electrons. The molecule has 0 aliphatic rings. The Bertz CT molecular complexity index is 478. The first-order chi connectivity index (χ1) is 9.01. The van der Waals surface area contributed by atoms with Gasteiger partial charge in [-0.25, -0.2) is 8.78 Å². The molecule has 0 saturated carbocycles. The van der Waals surface area contributed by atoms with E-state index in [2.05, 4.69) is 6.58 Å². The number of carbonyl (C=O) groups excluding carboxylic acids is 1. The molecule has 0 aliphatic heterocycles. The van der Waals surface area contributed by atoms with E-state index in [-0.39, 0.29) is 19.7 Å². The zero-order valence-corrected chi connectivity index (χ0v) is 10.7. The maximum absolute atomic E-state index is 13.8. The van der Waals surface area contributed by atoms with Crippen LogP contribution in [0.25, 0.3) is 0 Å². The first-order valence-electron chi connectivity index (χ1n) is 5.64. The summed E-state index contributed by atoms with van der Waals surface area (Å²) in [6.07, 6.45) is 1.49. The van der Waals surface area contributed by atoms with Crippen LogP contribution in [0.3, 0.4) is 0 Å². The van der Waals surface area contributed by atoms with Crippen LogP contribution in [0.15, 0.2) is 24.8 Å². The van der Waals surface area contributed by atoms with Crippen molar-refractivity contribution in [2.75, 3.05) is 32.5 Å². The Morgan fingerprint density at radius 3 is 2.79 bits per heavy atom. The van der Waals surface area contributed by atoms with Gasteiger partial charge in [-0.15, -0.1) is 6.58 Å². The molecule has 0 spiro atoms. The molecule has 0 radical (unpaired) electrons. The Morgan fingerprint density at radius 1 is 1.53 bits per heavy atom. The van der Waals surface area contributed by atoms with Gasteiger partial charge in [0.15, 0.2) is 5.82 Å². The molecular formula is C13H16F2N2O2. The van der Waals surface area contributed by atoms with Crippen LogP contribution < -0.4 is 5.73 Å². The molecule has 0 bridgehead atoms. The minimum atomic E-state index is -0.919. The highest BCUT2D eigenvalue weighted by Gasteiger charge is 2.21. The summed E-state index contributed by atoms with van der Waals surface area (Å²) in [5.74, 6) is -2.33. The predicted octanol–water partition coefficient (Wildman–Crippen LogP) is 1.82. The molecule has 1 rings (SSSR count). The van der Waals surface area contributed by atoms with E-state index < -0.39 is 28.8 Å². The lowest BCUT2D eigenvalue weighted by molar-refractivity contribution is 0.0713. The Kier molecular flexibility index (Phi) is 5.44. The lowest BCUT2D eigenvalue weighted by atomic mass is 10.1. The number of halogens is 2.